The summed E-state index contributed by atoms with van der Waals surface area (Å²) in [7, 11) is -3.77. The van der Waals surface area contributed by atoms with E-state index in [4.69, 9.17) is 9.84 Å². The van der Waals surface area contributed by atoms with Crippen molar-refractivity contribution in [3.63, 3.8) is 0 Å². The number of hydrogen-bond donors (Lipinski definition) is 2. The number of nitrogens with one attached hydrogen (secondary N) is 1. The maximum atomic E-state index is 12.1. The van der Waals surface area contributed by atoms with Crippen molar-refractivity contribution in [1.29, 1.82) is 0 Å². The molecule has 0 aliphatic carbocycles. The number of nitrogens with zero attached hydrogens (tertiary/aromatic N) is 1. The highest BCUT2D eigenvalue weighted by molar-refractivity contribution is 7.87. The predicted octanol–water partition coefficient (Wildman–Crippen LogP) is 0.353. The van der Waals surface area contributed by atoms with Crippen molar-refractivity contribution >= 4 is 16.2 Å². The fourth-order valence-corrected chi connectivity index (χ4v) is 3.44. The molecule has 1 heterocycles. The molecule has 1 saturated heterocycles. The van der Waals surface area contributed by atoms with E-state index >= 15 is 0 Å². The third-order valence-corrected chi connectivity index (χ3v) is 4.67. The first-order chi connectivity index (χ1) is 9.49. The molecule has 1 aliphatic heterocycles. The molecule has 1 unspecified atom stereocenters. The molecule has 1 fully saturated rings. The van der Waals surface area contributed by atoms with Crippen molar-refractivity contribution in [3.8, 4) is 0 Å². The molecule has 0 saturated carbocycles. The Hall–Kier alpha value is -0.960. The molecule has 0 aromatic carbocycles. The highest BCUT2D eigenvalue weighted by atomic mass is 32.2. The maximum absolute atomic E-state index is 12.1. The van der Waals surface area contributed by atoms with Gasteiger partial charge >= 0.3 is 5.97 Å². The van der Waals surface area contributed by atoms with Crippen LogP contribution in [0.25, 0.3) is 0 Å². The fourth-order valence-electron chi connectivity index (χ4n) is 2.03. The Bertz CT molecular complexity index is 424. The Morgan fingerprint density at radius 2 is 2.20 bits per heavy atom. The molecule has 1 atom stereocenters. The molecule has 0 bridgehead atoms. The number of carbonyl (C=O) groups is 1. The van der Waals surface area contributed by atoms with E-state index in [2.05, 4.69) is 11.3 Å². The summed E-state index contributed by atoms with van der Waals surface area (Å²) in [5.74, 6) is -1.10. The van der Waals surface area contributed by atoms with E-state index in [9.17, 15) is 13.2 Å². The van der Waals surface area contributed by atoms with E-state index in [0.29, 0.717) is 25.9 Å². The molecule has 8 heteroatoms. The standard InChI is InChI=1S/C12H22N2O5S/c1-2-3-9-19-10-7-13-20(17,18)14-8-5-4-6-11(14)12(15)16/h2,11,13H,1,3-10H2,(H,15,16). The monoisotopic (exact) mass is 306 g/mol. The second kappa shape index (κ2) is 8.35. The van der Waals surface area contributed by atoms with Gasteiger partial charge < -0.3 is 9.84 Å². The van der Waals surface area contributed by atoms with Crippen LogP contribution in [-0.2, 0) is 19.7 Å². The highest BCUT2D eigenvalue weighted by Gasteiger charge is 2.36. The minimum Gasteiger partial charge on any atom is -0.480 e. The van der Waals surface area contributed by atoms with Crippen molar-refractivity contribution in [2.75, 3.05) is 26.3 Å². The molecule has 0 spiro atoms. The van der Waals surface area contributed by atoms with E-state index in [1.165, 1.54) is 0 Å². The summed E-state index contributed by atoms with van der Waals surface area (Å²) in [5.41, 5.74) is 0. The van der Waals surface area contributed by atoms with Crippen LogP contribution in [0.15, 0.2) is 12.7 Å². The maximum Gasteiger partial charge on any atom is 0.322 e. The van der Waals surface area contributed by atoms with Gasteiger partial charge in [0, 0.05) is 13.1 Å². The second-order valence-electron chi connectivity index (χ2n) is 4.55. The van der Waals surface area contributed by atoms with Crippen LogP contribution in [0, 0.1) is 0 Å². The van der Waals surface area contributed by atoms with Gasteiger partial charge in [-0.25, -0.2) is 0 Å². The van der Waals surface area contributed by atoms with Gasteiger partial charge in [0.25, 0.3) is 10.2 Å². The van der Waals surface area contributed by atoms with Crippen molar-refractivity contribution < 1.29 is 23.1 Å². The average Bonchev–Trinajstić information content (AvgIpc) is 2.42. The summed E-state index contributed by atoms with van der Waals surface area (Å²) in [6.45, 7) is 4.66. The zero-order chi connectivity index (χ0) is 15.0. The molecule has 0 aromatic rings. The zero-order valence-electron chi connectivity index (χ0n) is 11.5. The van der Waals surface area contributed by atoms with Crippen LogP contribution in [0.5, 0.6) is 0 Å². The minimum absolute atomic E-state index is 0.127. The third kappa shape index (κ3) is 5.20. The lowest BCUT2D eigenvalue weighted by Crippen LogP contribution is -2.52. The number of carboxylic acids is 1. The van der Waals surface area contributed by atoms with E-state index in [-0.39, 0.29) is 19.7 Å². The Morgan fingerprint density at radius 1 is 1.45 bits per heavy atom. The summed E-state index contributed by atoms with van der Waals surface area (Å²) in [6.07, 6.45) is 4.19. The molecule has 0 aromatic heterocycles. The molecule has 20 heavy (non-hydrogen) atoms. The summed E-state index contributed by atoms with van der Waals surface area (Å²) in [4.78, 5) is 11.1. The van der Waals surface area contributed by atoms with Gasteiger partial charge in [-0.15, -0.1) is 6.58 Å². The van der Waals surface area contributed by atoms with Crippen LogP contribution in [0.3, 0.4) is 0 Å². The third-order valence-electron chi connectivity index (χ3n) is 3.04. The molecule has 2 N–H and O–H groups in total. The number of hydrogen-bond acceptors (Lipinski definition) is 4. The topological polar surface area (TPSA) is 95.9 Å². The van der Waals surface area contributed by atoms with Crippen LogP contribution < -0.4 is 4.72 Å². The molecule has 116 valence electrons. The first-order valence-corrected chi connectivity index (χ1v) is 8.11. The first-order valence-electron chi connectivity index (χ1n) is 6.67. The summed E-state index contributed by atoms with van der Waals surface area (Å²) >= 11 is 0. The zero-order valence-corrected chi connectivity index (χ0v) is 12.3. The van der Waals surface area contributed by atoms with Crippen molar-refractivity contribution in [2.45, 2.75) is 31.7 Å². The molecule has 1 aliphatic rings. The number of piperidine rings is 1. The van der Waals surface area contributed by atoms with E-state index < -0.39 is 22.2 Å². The van der Waals surface area contributed by atoms with Gasteiger partial charge in [0.15, 0.2) is 0 Å². The normalized spacial score (nSPS) is 20.7. The minimum atomic E-state index is -3.77. The van der Waals surface area contributed by atoms with E-state index in [1.807, 2.05) is 0 Å². The van der Waals surface area contributed by atoms with Crippen LogP contribution in [-0.4, -0.2) is 56.1 Å². The lowest BCUT2D eigenvalue weighted by Gasteiger charge is -2.31. The van der Waals surface area contributed by atoms with Crippen molar-refractivity contribution in [2.24, 2.45) is 0 Å². The number of ether oxygens (including phenoxy) is 1. The van der Waals surface area contributed by atoms with Gasteiger partial charge in [-0.1, -0.05) is 6.08 Å². The predicted molar refractivity (Wildman–Crippen MR) is 74.5 cm³/mol. The SMILES string of the molecule is C=CCCOCCNS(=O)(=O)N1CCCCC1C(=O)O. The highest BCUT2D eigenvalue weighted by Crippen LogP contribution is 2.19. The van der Waals surface area contributed by atoms with Gasteiger partial charge in [-0.3, -0.25) is 4.79 Å². The summed E-state index contributed by atoms with van der Waals surface area (Å²) < 4.78 is 32.7. The van der Waals surface area contributed by atoms with Gasteiger partial charge in [-0.05, 0) is 25.7 Å². The van der Waals surface area contributed by atoms with E-state index in [1.54, 1.807) is 6.08 Å². The van der Waals surface area contributed by atoms with Gasteiger partial charge in [0.1, 0.15) is 6.04 Å². The van der Waals surface area contributed by atoms with Crippen LogP contribution in [0.4, 0.5) is 0 Å². The largest absolute Gasteiger partial charge is 0.480 e. The summed E-state index contributed by atoms with van der Waals surface area (Å²) in [6, 6.07) is -0.970. The average molecular weight is 306 g/mol. The first kappa shape index (κ1) is 17.1. The quantitative estimate of drug-likeness (QED) is 0.473. The second-order valence-corrected chi connectivity index (χ2v) is 6.26. The van der Waals surface area contributed by atoms with Crippen LogP contribution in [0.2, 0.25) is 0 Å². The lowest BCUT2D eigenvalue weighted by molar-refractivity contribution is -0.142. The number of carboxylic acid groups (broad SMARTS) is 1. The van der Waals surface area contributed by atoms with Gasteiger partial charge in [-0.2, -0.15) is 17.4 Å². The fraction of sp³-hybridized carbons (Fsp3) is 0.750. The molecule has 7 nitrogen and oxygen atoms in total. The van der Waals surface area contributed by atoms with Gasteiger partial charge in [0.05, 0.1) is 13.2 Å². The molecular formula is C12H22N2O5S. The molecule has 1 rings (SSSR count). The molecule has 0 amide bonds. The Kier molecular flexibility index (Phi) is 7.14. The van der Waals surface area contributed by atoms with Crippen LogP contribution >= 0.6 is 0 Å². The van der Waals surface area contributed by atoms with Crippen molar-refractivity contribution in [3.05, 3.63) is 12.7 Å². The lowest BCUT2D eigenvalue weighted by atomic mass is 10.1. The smallest absolute Gasteiger partial charge is 0.322 e. The van der Waals surface area contributed by atoms with Gasteiger partial charge in [0.2, 0.25) is 0 Å². The van der Waals surface area contributed by atoms with Crippen molar-refractivity contribution in [1.82, 2.24) is 9.03 Å². The molecular weight excluding hydrogens is 284 g/mol. The summed E-state index contributed by atoms with van der Waals surface area (Å²) in [5, 5.41) is 9.07. The molecule has 0 radical (unpaired) electrons. The van der Waals surface area contributed by atoms with Crippen LogP contribution in [0.1, 0.15) is 25.7 Å². The number of rotatable bonds is 9. The van der Waals surface area contributed by atoms with E-state index in [0.717, 1.165) is 10.7 Å². The Morgan fingerprint density at radius 3 is 2.85 bits per heavy atom. The number of aliphatic carboxylic acids is 1. The Balaban J connectivity index is 2.45. The Labute approximate surface area is 119 Å².